The maximum Gasteiger partial charge on any atom is 0.126 e. The van der Waals surface area contributed by atoms with Crippen LogP contribution in [0.4, 0.5) is 4.39 Å². The van der Waals surface area contributed by atoms with Crippen LogP contribution in [-0.2, 0) is 6.42 Å². The molecule has 2 aromatic rings. The predicted molar refractivity (Wildman–Crippen MR) is 68.9 cm³/mol. The average molecular weight is 250 g/mol. The second-order valence-electron chi connectivity index (χ2n) is 3.96. The summed E-state index contributed by atoms with van der Waals surface area (Å²) in [4.78, 5) is 4.26. The minimum absolute atomic E-state index is 0.128. The second kappa shape index (κ2) is 5.89. The van der Waals surface area contributed by atoms with E-state index in [2.05, 4.69) is 10.3 Å². The van der Waals surface area contributed by atoms with Crippen molar-refractivity contribution >= 4 is 11.3 Å². The van der Waals surface area contributed by atoms with Crippen molar-refractivity contribution in [1.29, 1.82) is 0 Å². The van der Waals surface area contributed by atoms with Crippen molar-refractivity contribution in [2.75, 3.05) is 13.6 Å². The second-order valence-corrected chi connectivity index (χ2v) is 4.68. The fourth-order valence-corrected chi connectivity index (χ4v) is 2.51. The molecule has 90 valence electrons. The van der Waals surface area contributed by atoms with E-state index >= 15 is 0 Å². The third-order valence-electron chi connectivity index (χ3n) is 2.73. The van der Waals surface area contributed by atoms with Gasteiger partial charge in [-0.05, 0) is 25.1 Å². The average Bonchev–Trinajstić information content (AvgIpc) is 2.82. The van der Waals surface area contributed by atoms with Crippen LogP contribution in [-0.4, -0.2) is 18.6 Å². The Bertz CT molecular complexity index is 456. The molecule has 0 bridgehead atoms. The van der Waals surface area contributed by atoms with E-state index in [1.807, 2.05) is 30.1 Å². The minimum atomic E-state index is -0.136. The molecule has 0 fully saturated rings. The molecule has 0 saturated heterocycles. The lowest BCUT2D eigenvalue weighted by molar-refractivity contribution is 0.554. The van der Waals surface area contributed by atoms with Gasteiger partial charge in [-0.25, -0.2) is 9.37 Å². The van der Waals surface area contributed by atoms with E-state index in [1.165, 1.54) is 6.07 Å². The zero-order valence-corrected chi connectivity index (χ0v) is 10.5. The SMILES string of the molecule is CNCC(Cc1cscn1)c1ccccc1F. The van der Waals surface area contributed by atoms with Gasteiger partial charge in [0.1, 0.15) is 5.82 Å². The first kappa shape index (κ1) is 12.2. The van der Waals surface area contributed by atoms with Crippen molar-refractivity contribution in [3.8, 4) is 0 Å². The summed E-state index contributed by atoms with van der Waals surface area (Å²) in [6.45, 7) is 0.748. The Morgan fingerprint density at radius 1 is 1.41 bits per heavy atom. The Morgan fingerprint density at radius 3 is 2.88 bits per heavy atom. The minimum Gasteiger partial charge on any atom is -0.319 e. The Morgan fingerprint density at radius 2 is 2.24 bits per heavy atom. The van der Waals surface area contributed by atoms with Crippen LogP contribution in [0, 0.1) is 5.82 Å². The highest BCUT2D eigenvalue weighted by Gasteiger charge is 2.16. The van der Waals surface area contributed by atoms with Crippen LogP contribution in [0.3, 0.4) is 0 Å². The van der Waals surface area contributed by atoms with Gasteiger partial charge in [-0.2, -0.15) is 0 Å². The predicted octanol–water partition coefficient (Wildman–Crippen LogP) is 2.83. The Hall–Kier alpha value is -1.26. The van der Waals surface area contributed by atoms with Gasteiger partial charge in [-0.15, -0.1) is 11.3 Å². The molecule has 1 aromatic carbocycles. The molecule has 2 rings (SSSR count). The van der Waals surface area contributed by atoms with Crippen LogP contribution in [0.1, 0.15) is 17.2 Å². The number of benzene rings is 1. The van der Waals surface area contributed by atoms with Crippen molar-refractivity contribution in [3.05, 3.63) is 52.2 Å². The molecular formula is C13H15FN2S. The van der Waals surface area contributed by atoms with Crippen molar-refractivity contribution < 1.29 is 4.39 Å². The Kier molecular flexibility index (Phi) is 4.23. The van der Waals surface area contributed by atoms with Crippen LogP contribution in [0.5, 0.6) is 0 Å². The summed E-state index contributed by atoms with van der Waals surface area (Å²) in [6, 6.07) is 6.96. The van der Waals surface area contributed by atoms with Gasteiger partial charge in [0.25, 0.3) is 0 Å². The zero-order valence-electron chi connectivity index (χ0n) is 9.69. The molecule has 0 aliphatic carbocycles. The number of halogens is 1. The van der Waals surface area contributed by atoms with Crippen LogP contribution in [0.2, 0.25) is 0 Å². The summed E-state index contributed by atoms with van der Waals surface area (Å²) in [5.74, 6) is -0.00807. The van der Waals surface area contributed by atoms with E-state index < -0.39 is 0 Å². The molecule has 0 radical (unpaired) electrons. The summed E-state index contributed by atoms with van der Waals surface area (Å²) in [7, 11) is 1.88. The van der Waals surface area contributed by atoms with E-state index in [0.717, 1.165) is 24.2 Å². The molecular weight excluding hydrogens is 235 g/mol. The standard InChI is InChI=1S/C13H15FN2S/c1-15-7-10(6-11-8-17-9-16-11)12-4-2-3-5-13(12)14/h2-5,8-10,15H,6-7H2,1H3. The summed E-state index contributed by atoms with van der Waals surface area (Å²) in [5, 5.41) is 5.13. The van der Waals surface area contributed by atoms with Crippen molar-refractivity contribution in [2.24, 2.45) is 0 Å². The maximum absolute atomic E-state index is 13.7. The fourth-order valence-electron chi connectivity index (χ4n) is 1.94. The number of hydrogen-bond acceptors (Lipinski definition) is 3. The molecule has 0 aliphatic rings. The zero-order chi connectivity index (χ0) is 12.1. The molecule has 1 unspecified atom stereocenters. The molecule has 1 aromatic heterocycles. The quantitative estimate of drug-likeness (QED) is 0.882. The number of aromatic nitrogens is 1. The molecule has 0 spiro atoms. The van der Waals surface area contributed by atoms with Gasteiger partial charge >= 0.3 is 0 Å². The first-order chi connectivity index (χ1) is 8.31. The van der Waals surface area contributed by atoms with E-state index in [4.69, 9.17) is 0 Å². The number of nitrogens with zero attached hydrogens (tertiary/aromatic N) is 1. The lowest BCUT2D eigenvalue weighted by Gasteiger charge is -2.16. The number of rotatable bonds is 5. The summed E-state index contributed by atoms with van der Waals surface area (Å²) >= 11 is 1.57. The van der Waals surface area contributed by atoms with Crippen molar-refractivity contribution in [3.63, 3.8) is 0 Å². The van der Waals surface area contributed by atoms with Gasteiger partial charge in [-0.1, -0.05) is 18.2 Å². The number of thiazole rings is 1. The number of likely N-dealkylation sites (N-methyl/N-ethyl adjacent to an activating group) is 1. The molecule has 0 amide bonds. The normalized spacial score (nSPS) is 12.6. The molecule has 1 heterocycles. The van der Waals surface area contributed by atoms with E-state index in [1.54, 1.807) is 17.4 Å². The van der Waals surface area contributed by atoms with E-state index in [9.17, 15) is 4.39 Å². The van der Waals surface area contributed by atoms with Gasteiger partial charge in [0.2, 0.25) is 0 Å². The molecule has 1 N–H and O–H groups in total. The number of hydrogen-bond donors (Lipinski definition) is 1. The first-order valence-corrected chi connectivity index (χ1v) is 6.51. The molecule has 17 heavy (non-hydrogen) atoms. The molecule has 0 aliphatic heterocycles. The highest BCUT2D eigenvalue weighted by Crippen LogP contribution is 2.22. The lowest BCUT2D eigenvalue weighted by atomic mass is 9.94. The van der Waals surface area contributed by atoms with Gasteiger partial charge in [0.05, 0.1) is 11.2 Å². The Balaban J connectivity index is 2.20. The fraction of sp³-hybridized carbons (Fsp3) is 0.308. The van der Waals surface area contributed by atoms with Gasteiger partial charge in [0.15, 0.2) is 0 Å². The van der Waals surface area contributed by atoms with E-state index in [0.29, 0.717) is 0 Å². The van der Waals surface area contributed by atoms with Crippen molar-refractivity contribution in [2.45, 2.75) is 12.3 Å². The molecule has 2 nitrogen and oxygen atoms in total. The lowest BCUT2D eigenvalue weighted by Crippen LogP contribution is -2.20. The third kappa shape index (κ3) is 3.11. The molecule has 4 heteroatoms. The number of nitrogens with one attached hydrogen (secondary N) is 1. The largest absolute Gasteiger partial charge is 0.319 e. The van der Waals surface area contributed by atoms with E-state index in [-0.39, 0.29) is 11.7 Å². The Labute approximate surface area is 105 Å². The maximum atomic E-state index is 13.7. The van der Waals surface area contributed by atoms with Crippen LogP contribution >= 0.6 is 11.3 Å². The monoisotopic (exact) mass is 250 g/mol. The van der Waals surface area contributed by atoms with Gasteiger partial charge < -0.3 is 5.32 Å². The third-order valence-corrected chi connectivity index (χ3v) is 3.37. The highest BCUT2D eigenvalue weighted by atomic mass is 32.1. The summed E-state index contributed by atoms with van der Waals surface area (Å²) < 4.78 is 13.7. The van der Waals surface area contributed by atoms with Crippen LogP contribution in [0.25, 0.3) is 0 Å². The summed E-state index contributed by atoms with van der Waals surface area (Å²) in [5.41, 5.74) is 3.60. The molecule has 0 saturated carbocycles. The topological polar surface area (TPSA) is 24.9 Å². The molecule has 1 atom stereocenters. The smallest absolute Gasteiger partial charge is 0.126 e. The first-order valence-electron chi connectivity index (χ1n) is 5.57. The highest BCUT2D eigenvalue weighted by molar-refractivity contribution is 7.07. The van der Waals surface area contributed by atoms with Crippen LogP contribution in [0.15, 0.2) is 35.2 Å². The van der Waals surface area contributed by atoms with Gasteiger partial charge in [0, 0.05) is 17.8 Å². The van der Waals surface area contributed by atoms with Crippen molar-refractivity contribution in [1.82, 2.24) is 10.3 Å². The van der Waals surface area contributed by atoms with Gasteiger partial charge in [-0.3, -0.25) is 0 Å². The van der Waals surface area contributed by atoms with Crippen LogP contribution < -0.4 is 5.32 Å². The summed E-state index contributed by atoms with van der Waals surface area (Å²) in [6.07, 6.45) is 0.769.